The van der Waals surface area contributed by atoms with E-state index < -0.39 is 0 Å². The van der Waals surface area contributed by atoms with Crippen LogP contribution >= 0.6 is 0 Å². The van der Waals surface area contributed by atoms with Crippen LogP contribution in [0, 0.1) is 6.07 Å². The molecular formula is C15H13O2. The van der Waals surface area contributed by atoms with Crippen molar-refractivity contribution in [3.63, 3.8) is 0 Å². The molecule has 0 amide bonds. The molecule has 0 fully saturated rings. The molecule has 0 aliphatic heterocycles. The van der Waals surface area contributed by atoms with Crippen LogP contribution in [0.2, 0.25) is 0 Å². The van der Waals surface area contributed by atoms with Crippen molar-refractivity contribution in [2.45, 2.75) is 13.0 Å². The summed E-state index contributed by atoms with van der Waals surface area (Å²) in [5, 5.41) is 0. The molecule has 2 aromatic carbocycles. The Morgan fingerprint density at radius 1 is 1.06 bits per heavy atom. The molecule has 2 rings (SSSR count). The summed E-state index contributed by atoms with van der Waals surface area (Å²) in [5.41, 5.74) is 1.85. The van der Waals surface area contributed by atoms with Crippen LogP contribution in [0.1, 0.15) is 11.1 Å². The van der Waals surface area contributed by atoms with Crippen LogP contribution in [0.5, 0.6) is 0 Å². The van der Waals surface area contributed by atoms with Crippen molar-refractivity contribution < 1.29 is 9.53 Å². The molecule has 1 radical (unpaired) electrons. The van der Waals surface area contributed by atoms with Gasteiger partial charge in [0.2, 0.25) is 0 Å². The lowest BCUT2D eigenvalue weighted by atomic mass is 10.1. The molecule has 0 unspecified atom stereocenters. The number of hydrogen-bond donors (Lipinski definition) is 0. The molecule has 85 valence electrons. The SMILES string of the molecule is O=C(Cc1[c]cccc1)OCc1ccccc1. The second kappa shape index (κ2) is 5.85. The van der Waals surface area contributed by atoms with Crippen LogP contribution in [-0.2, 0) is 22.6 Å². The van der Waals surface area contributed by atoms with E-state index in [4.69, 9.17) is 4.74 Å². The van der Waals surface area contributed by atoms with E-state index in [-0.39, 0.29) is 12.4 Å². The van der Waals surface area contributed by atoms with Crippen molar-refractivity contribution in [1.29, 1.82) is 0 Å². The Balaban J connectivity index is 1.83. The second-order valence-electron chi connectivity index (χ2n) is 3.71. The molecule has 0 N–H and O–H groups in total. The van der Waals surface area contributed by atoms with Crippen molar-refractivity contribution in [3.8, 4) is 0 Å². The Hall–Kier alpha value is -2.09. The van der Waals surface area contributed by atoms with E-state index in [0.29, 0.717) is 6.61 Å². The third-order valence-corrected chi connectivity index (χ3v) is 2.35. The monoisotopic (exact) mass is 225 g/mol. The Labute approximate surface area is 101 Å². The zero-order chi connectivity index (χ0) is 11.9. The van der Waals surface area contributed by atoms with Gasteiger partial charge in [0.1, 0.15) is 6.61 Å². The van der Waals surface area contributed by atoms with E-state index in [2.05, 4.69) is 6.07 Å². The maximum atomic E-state index is 11.5. The lowest BCUT2D eigenvalue weighted by Crippen LogP contribution is -2.07. The molecule has 2 nitrogen and oxygen atoms in total. The molecule has 0 spiro atoms. The maximum Gasteiger partial charge on any atom is 0.310 e. The molecule has 0 atom stereocenters. The number of rotatable bonds is 4. The average molecular weight is 225 g/mol. The van der Waals surface area contributed by atoms with E-state index in [0.717, 1.165) is 11.1 Å². The largest absolute Gasteiger partial charge is 0.461 e. The number of ether oxygens (including phenoxy) is 1. The van der Waals surface area contributed by atoms with Crippen LogP contribution in [0.3, 0.4) is 0 Å². The highest BCUT2D eigenvalue weighted by atomic mass is 16.5. The smallest absolute Gasteiger partial charge is 0.310 e. The Morgan fingerprint density at radius 2 is 1.82 bits per heavy atom. The van der Waals surface area contributed by atoms with Crippen LogP contribution in [-0.4, -0.2) is 5.97 Å². The fraction of sp³-hybridized carbons (Fsp3) is 0.133. The highest BCUT2D eigenvalue weighted by Gasteiger charge is 2.04. The first-order chi connectivity index (χ1) is 8.34. The first-order valence-corrected chi connectivity index (χ1v) is 5.50. The van der Waals surface area contributed by atoms with Gasteiger partial charge in [-0.3, -0.25) is 4.79 Å². The zero-order valence-electron chi connectivity index (χ0n) is 9.43. The minimum absolute atomic E-state index is 0.226. The second-order valence-corrected chi connectivity index (χ2v) is 3.71. The topological polar surface area (TPSA) is 26.3 Å². The summed E-state index contributed by atoms with van der Waals surface area (Å²) in [6.45, 7) is 0.326. The molecule has 2 aromatic rings. The van der Waals surface area contributed by atoms with Crippen molar-refractivity contribution >= 4 is 5.97 Å². The van der Waals surface area contributed by atoms with Crippen LogP contribution < -0.4 is 0 Å². The van der Waals surface area contributed by atoms with Crippen molar-refractivity contribution in [3.05, 3.63) is 71.8 Å². The van der Waals surface area contributed by atoms with E-state index in [1.807, 2.05) is 48.5 Å². The highest BCUT2D eigenvalue weighted by Crippen LogP contribution is 2.04. The normalized spacial score (nSPS) is 9.88. The molecule has 0 saturated carbocycles. The average Bonchev–Trinajstić information content (AvgIpc) is 2.39. The van der Waals surface area contributed by atoms with E-state index in [1.165, 1.54) is 0 Å². The van der Waals surface area contributed by atoms with E-state index in [1.54, 1.807) is 6.07 Å². The fourth-order valence-corrected chi connectivity index (χ4v) is 1.49. The minimum atomic E-state index is -0.226. The number of carbonyl (C=O) groups is 1. The lowest BCUT2D eigenvalue weighted by Gasteiger charge is -2.04. The van der Waals surface area contributed by atoms with Crippen LogP contribution in [0.25, 0.3) is 0 Å². The molecule has 2 heteroatoms. The molecule has 0 aromatic heterocycles. The maximum absolute atomic E-state index is 11.5. The van der Waals surface area contributed by atoms with Crippen molar-refractivity contribution in [1.82, 2.24) is 0 Å². The zero-order valence-corrected chi connectivity index (χ0v) is 9.43. The summed E-state index contributed by atoms with van der Waals surface area (Å²) in [6, 6.07) is 20.1. The lowest BCUT2D eigenvalue weighted by molar-refractivity contribution is -0.144. The molecule has 17 heavy (non-hydrogen) atoms. The standard InChI is InChI=1S/C15H13O2/c16-15(11-13-7-3-1-4-8-13)17-12-14-9-5-2-6-10-14/h1-7,9-10H,11-12H2. The molecular weight excluding hydrogens is 212 g/mol. The molecule has 0 aliphatic rings. The minimum Gasteiger partial charge on any atom is -0.461 e. The summed E-state index contributed by atoms with van der Waals surface area (Å²) in [6.07, 6.45) is 0.272. The molecule has 0 heterocycles. The molecule has 0 aliphatic carbocycles. The first kappa shape index (κ1) is 11.4. The summed E-state index contributed by atoms with van der Waals surface area (Å²) >= 11 is 0. The summed E-state index contributed by atoms with van der Waals surface area (Å²) in [4.78, 5) is 11.5. The predicted molar refractivity (Wildman–Crippen MR) is 65.2 cm³/mol. The third kappa shape index (κ3) is 3.76. The number of benzene rings is 2. The summed E-state index contributed by atoms with van der Waals surface area (Å²) < 4.78 is 5.17. The van der Waals surface area contributed by atoms with Gasteiger partial charge in [-0.05, 0) is 17.2 Å². The molecule has 0 saturated heterocycles. The quantitative estimate of drug-likeness (QED) is 0.748. The van der Waals surface area contributed by atoms with Crippen LogP contribution in [0.4, 0.5) is 0 Å². The summed E-state index contributed by atoms with van der Waals surface area (Å²) in [5.74, 6) is -0.226. The third-order valence-electron chi connectivity index (χ3n) is 2.35. The Kier molecular flexibility index (Phi) is 3.92. The molecule has 0 bridgehead atoms. The van der Waals surface area contributed by atoms with Crippen molar-refractivity contribution in [2.24, 2.45) is 0 Å². The predicted octanol–water partition coefficient (Wildman–Crippen LogP) is 2.77. The van der Waals surface area contributed by atoms with Gasteiger partial charge in [0.15, 0.2) is 0 Å². The van der Waals surface area contributed by atoms with Gasteiger partial charge in [0.25, 0.3) is 0 Å². The first-order valence-electron chi connectivity index (χ1n) is 5.50. The van der Waals surface area contributed by atoms with Gasteiger partial charge in [-0.1, -0.05) is 54.6 Å². The number of carbonyl (C=O) groups excluding carboxylic acids is 1. The van der Waals surface area contributed by atoms with Gasteiger partial charge < -0.3 is 4.74 Å². The van der Waals surface area contributed by atoms with Gasteiger partial charge in [-0.25, -0.2) is 0 Å². The van der Waals surface area contributed by atoms with Gasteiger partial charge in [-0.2, -0.15) is 0 Å². The van der Waals surface area contributed by atoms with Gasteiger partial charge in [0.05, 0.1) is 6.42 Å². The number of hydrogen-bond acceptors (Lipinski definition) is 2. The highest BCUT2D eigenvalue weighted by molar-refractivity contribution is 5.72. The van der Waals surface area contributed by atoms with Gasteiger partial charge in [-0.15, -0.1) is 0 Å². The van der Waals surface area contributed by atoms with Crippen LogP contribution in [0.15, 0.2) is 54.6 Å². The van der Waals surface area contributed by atoms with Crippen molar-refractivity contribution in [2.75, 3.05) is 0 Å². The summed E-state index contributed by atoms with van der Waals surface area (Å²) in [7, 11) is 0. The fourth-order valence-electron chi connectivity index (χ4n) is 1.49. The Morgan fingerprint density at radius 3 is 2.53 bits per heavy atom. The van der Waals surface area contributed by atoms with E-state index in [9.17, 15) is 4.79 Å². The number of esters is 1. The Bertz CT molecular complexity index is 463. The van der Waals surface area contributed by atoms with E-state index >= 15 is 0 Å². The van der Waals surface area contributed by atoms with Gasteiger partial charge >= 0.3 is 5.97 Å². The van der Waals surface area contributed by atoms with Gasteiger partial charge in [0, 0.05) is 0 Å².